The van der Waals surface area contributed by atoms with Gasteiger partial charge in [0.2, 0.25) is 0 Å². The normalized spacial score (nSPS) is 16.8. The van der Waals surface area contributed by atoms with Crippen molar-refractivity contribution >= 4 is 5.97 Å². The van der Waals surface area contributed by atoms with Crippen LogP contribution in [0.2, 0.25) is 0 Å². The van der Waals surface area contributed by atoms with Crippen LogP contribution >= 0.6 is 0 Å². The van der Waals surface area contributed by atoms with Crippen LogP contribution < -0.4 is 10.1 Å². The van der Waals surface area contributed by atoms with Gasteiger partial charge in [0.15, 0.2) is 0 Å². The van der Waals surface area contributed by atoms with E-state index in [-0.39, 0.29) is 5.56 Å². The van der Waals surface area contributed by atoms with Gasteiger partial charge in [-0.25, -0.2) is 4.79 Å². The Kier molecular flexibility index (Phi) is 6.02. The standard InChI is InChI=1S/C16H24N2O3/c1-13(12-18-9-2-3-10-18)17-8-11-21-15-6-4-14(5-7-15)16(19)20/h4-7,13,17H,2-3,8-12H2,1H3,(H,19,20). The largest absolute Gasteiger partial charge is 0.492 e. The Bertz CT molecular complexity index is 441. The van der Waals surface area contributed by atoms with Gasteiger partial charge in [0.25, 0.3) is 0 Å². The number of rotatable bonds is 8. The summed E-state index contributed by atoms with van der Waals surface area (Å²) in [7, 11) is 0. The first-order valence-corrected chi connectivity index (χ1v) is 7.57. The maximum atomic E-state index is 10.7. The van der Waals surface area contributed by atoms with Crippen molar-refractivity contribution < 1.29 is 14.6 Å². The molecule has 1 aromatic rings. The third-order valence-electron chi connectivity index (χ3n) is 3.70. The summed E-state index contributed by atoms with van der Waals surface area (Å²) in [5, 5.41) is 12.3. The molecule has 1 unspecified atom stereocenters. The molecule has 0 saturated carbocycles. The van der Waals surface area contributed by atoms with E-state index in [9.17, 15) is 4.79 Å². The minimum absolute atomic E-state index is 0.278. The van der Waals surface area contributed by atoms with E-state index in [1.807, 2.05) is 0 Å². The highest BCUT2D eigenvalue weighted by Gasteiger charge is 2.13. The Morgan fingerprint density at radius 2 is 2.00 bits per heavy atom. The number of aromatic carboxylic acids is 1. The molecule has 1 saturated heterocycles. The Morgan fingerprint density at radius 1 is 1.33 bits per heavy atom. The monoisotopic (exact) mass is 292 g/mol. The van der Waals surface area contributed by atoms with Gasteiger partial charge in [0.1, 0.15) is 12.4 Å². The summed E-state index contributed by atoms with van der Waals surface area (Å²) in [4.78, 5) is 13.2. The van der Waals surface area contributed by atoms with Crippen LogP contribution in [0.25, 0.3) is 0 Å². The van der Waals surface area contributed by atoms with Crippen LogP contribution in [0, 0.1) is 0 Å². The van der Waals surface area contributed by atoms with Gasteiger partial charge in [-0.15, -0.1) is 0 Å². The zero-order chi connectivity index (χ0) is 15.1. The van der Waals surface area contributed by atoms with Crippen LogP contribution in [-0.2, 0) is 0 Å². The van der Waals surface area contributed by atoms with Crippen molar-refractivity contribution in [3.63, 3.8) is 0 Å². The molecule has 0 spiro atoms. The number of likely N-dealkylation sites (tertiary alicyclic amines) is 1. The molecule has 0 aromatic heterocycles. The lowest BCUT2D eigenvalue weighted by atomic mass is 10.2. The second-order valence-electron chi connectivity index (χ2n) is 5.54. The average Bonchev–Trinajstić information content (AvgIpc) is 2.97. The molecule has 0 amide bonds. The van der Waals surface area contributed by atoms with Gasteiger partial charge < -0.3 is 20.1 Å². The predicted molar refractivity (Wildman–Crippen MR) is 82.0 cm³/mol. The number of carboxylic acid groups (broad SMARTS) is 1. The molecule has 0 aliphatic carbocycles. The van der Waals surface area contributed by atoms with E-state index in [1.54, 1.807) is 24.3 Å². The second kappa shape index (κ2) is 8.00. The summed E-state index contributed by atoms with van der Waals surface area (Å²) in [6.45, 7) is 7.09. The molecule has 0 bridgehead atoms. The summed E-state index contributed by atoms with van der Waals surface area (Å²) >= 11 is 0. The summed E-state index contributed by atoms with van der Waals surface area (Å²) < 4.78 is 5.59. The number of benzene rings is 1. The predicted octanol–water partition coefficient (Wildman–Crippen LogP) is 1.84. The van der Waals surface area contributed by atoms with Crippen LogP contribution in [0.3, 0.4) is 0 Å². The number of carboxylic acids is 1. The van der Waals surface area contributed by atoms with Gasteiger partial charge in [-0.1, -0.05) is 0 Å². The summed E-state index contributed by atoms with van der Waals surface area (Å²) in [6, 6.07) is 6.96. The number of carbonyl (C=O) groups is 1. The highest BCUT2D eigenvalue weighted by molar-refractivity contribution is 5.87. The molecular weight excluding hydrogens is 268 g/mol. The first kappa shape index (κ1) is 15.8. The fourth-order valence-electron chi connectivity index (χ4n) is 2.58. The maximum Gasteiger partial charge on any atom is 0.335 e. The molecule has 1 aromatic carbocycles. The van der Waals surface area contributed by atoms with Crippen LogP contribution in [0.4, 0.5) is 0 Å². The van der Waals surface area contributed by atoms with Gasteiger partial charge in [-0.2, -0.15) is 0 Å². The van der Waals surface area contributed by atoms with E-state index in [1.165, 1.54) is 25.9 Å². The summed E-state index contributed by atoms with van der Waals surface area (Å²) in [5.74, 6) is -0.215. The fraction of sp³-hybridized carbons (Fsp3) is 0.562. The zero-order valence-corrected chi connectivity index (χ0v) is 12.5. The van der Waals surface area contributed by atoms with E-state index < -0.39 is 5.97 Å². The Balaban J connectivity index is 1.61. The summed E-state index contributed by atoms with van der Waals surface area (Å²) in [5.41, 5.74) is 0.278. The SMILES string of the molecule is CC(CN1CCCC1)NCCOc1ccc(C(=O)O)cc1. The number of ether oxygens (including phenoxy) is 1. The first-order chi connectivity index (χ1) is 10.1. The molecule has 1 fully saturated rings. The zero-order valence-electron chi connectivity index (χ0n) is 12.5. The molecule has 1 aliphatic heterocycles. The van der Waals surface area contributed by atoms with Crippen LogP contribution in [0.5, 0.6) is 5.75 Å². The molecule has 1 heterocycles. The third kappa shape index (κ3) is 5.36. The van der Waals surface area contributed by atoms with Crippen LogP contribution in [0.1, 0.15) is 30.1 Å². The van der Waals surface area contributed by atoms with Crippen molar-refractivity contribution in [2.24, 2.45) is 0 Å². The second-order valence-corrected chi connectivity index (χ2v) is 5.54. The van der Waals surface area contributed by atoms with Gasteiger partial charge in [0, 0.05) is 19.1 Å². The van der Waals surface area contributed by atoms with E-state index in [0.717, 1.165) is 13.1 Å². The molecule has 1 atom stereocenters. The van der Waals surface area contributed by atoms with E-state index in [2.05, 4.69) is 17.1 Å². The van der Waals surface area contributed by atoms with Crippen molar-refractivity contribution in [1.29, 1.82) is 0 Å². The average molecular weight is 292 g/mol. The molecule has 5 heteroatoms. The van der Waals surface area contributed by atoms with Crippen molar-refractivity contribution in [2.75, 3.05) is 32.8 Å². The van der Waals surface area contributed by atoms with E-state index in [0.29, 0.717) is 18.4 Å². The molecule has 5 nitrogen and oxygen atoms in total. The van der Waals surface area contributed by atoms with E-state index >= 15 is 0 Å². The molecule has 2 N–H and O–H groups in total. The van der Waals surface area contributed by atoms with Gasteiger partial charge in [0.05, 0.1) is 5.56 Å². The number of hydrogen-bond acceptors (Lipinski definition) is 4. The lowest BCUT2D eigenvalue weighted by Gasteiger charge is -2.21. The molecular formula is C16H24N2O3. The topological polar surface area (TPSA) is 61.8 Å². The Morgan fingerprint density at radius 3 is 2.62 bits per heavy atom. The van der Waals surface area contributed by atoms with Gasteiger partial charge >= 0.3 is 5.97 Å². The minimum Gasteiger partial charge on any atom is -0.492 e. The third-order valence-corrected chi connectivity index (χ3v) is 3.70. The van der Waals surface area contributed by atoms with Gasteiger partial charge in [-0.05, 0) is 57.1 Å². The number of nitrogens with zero attached hydrogens (tertiary/aromatic N) is 1. The molecule has 2 rings (SSSR count). The van der Waals surface area contributed by atoms with Crippen molar-refractivity contribution in [1.82, 2.24) is 10.2 Å². The minimum atomic E-state index is -0.918. The molecule has 0 radical (unpaired) electrons. The maximum absolute atomic E-state index is 10.7. The van der Waals surface area contributed by atoms with Crippen LogP contribution in [0.15, 0.2) is 24.3 Å². The molecule has 1 aliphatic rings. The van der Waals surface area contributed by atoms with Crippen molar-refractivity contribution in [3.05, 3.63) is 29.8 Å². The van der Waals surface area contributed by atoms with E-state index in [4.69, 9.17) is 9.84 Å². The van der Waals surface area contributed by atoms with Crippen LogP contribution in [-0.4, -0.2) is 54.8 Å². The molecule has 116 valence electrons. The first-order valence-electron chi connectivity index (χ1n) is 7.57. The fourth-order valence-corrected chi connectivity index (χ4v) is 2.58. The number of hydrogen-bond donors (Lipinski definition) is 2. The lowest BCUT2D eigenvalue weighted by Crippen LogP contribution is -2.39. The number of nitrogens with one attached hydrogen (secondary N) is 1. The smallest absolute Gasteiger partial charge is 0.335 e. The van der Waals surface area contributed by atoms with Gasteiger partial charge in [-0.3, -0.25) is 0 Å². The highest BCUT2D eigenvalue weighted by atomic mass is 16.5. The lowest BCUT2D eigenvalue weighted by molar-refractivity contribution is 0.0697. The van der Waals surface area contributed by atoms with Crippen molar-refractivity contribution in [2.45, 2.75) is 25.8 Å². The van der Waals surface area contributed by atoms with Crippen molar-refractivity contribution in [3.8, 4) is 5.75 Å². The molecule has 21 heavy (non-hydrogen) atoms. The highest BCUT2D eigenvalue weighted by Crippen LogP contribution is 2.12. The quantitative estimate of drug-likeness (QED) is 0.716. The summed E-state index contributed by atoms with van der Waals surface area (Å²) in [6.07, 6.45) is 2.64. The Labute approximate surface area is 125 Å². The Hall–Kier alpha value is -1.59.